The number of anilines is 1. The second-order valence-corrected chi connectivity index (χ2v) is 9.01. The van der Waals surface area contributed by atoms with Gasteiger partial charge < -0.3 is 0 Å². The Labute approximate surface area is 163 Å². The van der Waals surface area contributed by atoms with E-state index in [2.05, 4.69) is 10.3 Å². The molecule has 1 aromatic carbocycles. The molecule has 1 aromatic heterocycles. The van der Waals surface area contributed by atoms with E-state index in [4.69, 9.17) is 11.6 Å². The van der Waals surface area contributed by atoms with Gasteiger partial charge in [-0.2, -0.15) is 17.5 Å². The predicted octanol–water partition coefficient (Wildman–Crippen LogP) is 4.10. The monoisotopic (exact) mass is 441 g/mol. The molecule has 1 heterocycles. The molecule has 0 fully saturated rings. The lowest BCUT2D eigenvalue weighted by Crippen LogP contribution is -2.33. The van der Waals surface area contributed by atoms with Gasteiger partial charge in [-0.3, -0.25) is 10.1 Å². The minimum atomic E-state index is -4.63. The van der Waals surface area contributed by atoms with Gasteiger partial charge >= 0.3 is 6.18 Å². The van der Waals surface area contributed by atoms with Gasteiger partial charge in [0.15, 0.2) is 10.8 Å². The summed E-state index contributed by atoms with van der Waals surface area (Å²) in [5, 5.41) is 2.63. The molecule has 0 saturated carbocycles. The van der Waals surface area contributed by atoms with E-state index in [1.54, 1.807) is 13.8 Å². The van der Waals surface area contributed by atoms with E-state index in [9.17, 15) is 26.4 Å². The molecule has 148 valence electrons. The lowest BCUT2D eigenvalue weighted by molar-refractivity contribution is -0.140. The van der Waals surface area contributed by atoms with Crippen LogP contribution in [0.3, 0.4) is 0 Å². The molecule has 0 spiro atoms. The highest BCUT2D eigenvalue weighted by atomic mass is 35.5. The number of carbonyl (C=O) groups excluding carboxylic acids is 1. The van der Waals surface area contributed by atoms with Crippen molar-refractivity contribution in [2.75, 3.05) is 12.4 Å². The number of alkyl halides is 3. The number of hydrogen-bond donors (Lipinski definition) is 1. The van der Waals surface area contributed by atoms with E-state index in [-0.39, 0.29) is 26.7 Å². The van der Waals surface area contributed by atoms with Crippen molar-refractivity contribution in [2.45, 2.75) is 31.0 Å². The predicted molar refractivity (Wildman–Crippen MR) is 96.6 cm³/mol. The molecule has 0 aliphatic rings. The number of rotatable bonds is 5. The Kier molecular flexibility index (Phi) is 6.19. The molecule has 6 nitrogen and oxygen atoms in total. The van der Waals surface area contributed by atoms with Crippen LogP contribution in [0.4, 0.5) is 18.3 Å². The van der Waals surface area contributed by atoms with Gasteiger partial charge in [-0.1, -0.05) is 11.6 Å². The highest BCUT2D eigenvalue weighted by molar-refractivity contribution is 7.89. The summed E-state index contributed by atoms with van der Waals surface area (Å²) in [6.45, 7) is 3.36. The number of halogens is 4. The molecule has 1 amide bonds. The minimum absolute atomic E-state index is 0.0498. The van der Waals surface area contributed by atoms with Crippen LogP contribution in [0.5, 0.6) is 0 Å². The largest absolute Gasteiger partial charge is 0.434 e. The van der Waals surface area contributed by atoms with E-state index in [0.29, 0.717) is 11.3 Å². The first kappa shape index (κ1) is 21.6. The van der Waals surface area contributed by atoms with Crippen molar-refractivity contribution < 1.29 is 26.4 Å². The minimum Gasteiger partial charge on any atom is -0.298 e. The summed E-state index contributed by atoms with van der Waals surface area (Å²) in [7, 11) is -2.47. The molecule has 12 heteroatoms. The van der Waals surface area contributed by atoms with Gasteiger partial charge in [-0.25, -0.2) is 13.4 Å². The average Bonchev–Trinajstić information content (AvgIpc) is 3.02. The highest BCUT2D eigenvalue weighted by Gasteiger charge is 2.34. The Morgan fingerprint density at radius 3 is 2.48 bits per heavy atom. The van der Waals surface area contributed by atoms with Gasteiger partial charge in [-0.15, -0.1) is 11.3 Å². The van der Waals surface area contributed by atoms with Crippen LogP contribution in [0.25, 0.3) is 0 Å². The summed E-state index contributed by atoms with van der Waals surface area (Å²) in [5.41, 5.74) is -1.33. The van der Waals surface area contributed by atoms with E-state index in [1.807, 2.05) is 0 Å². The van der Waals surface area contributed by atoms with Crippen molar-refractivity contribution in [3.05, 3.63) is 39.9 Å². The average molecular weight is 442 g/mol. The molecular weight excluding hydrogens is 427 g/mol. The summed E-state index contributed by atoms with van der Waals surface area (Å²) in [6, 6.07) is 3.24. The second-order valence-electron chi connectivity index (χ2n) is 5.75. The molecule has 0 aliphatic carbocycles. The van der Waals surface area contributed by atoms with E-state index >= 15 is 0 Å². The van der Waals surface area contributed by atoms with Crippen LogP contribution >= 0.6 is 22.9 Å². The molecule has 0 bridgehead atoms. The van der Waals surface area contributed by atoms with Crippen LogP contribution in [0.15, 0.2) is 28.5 Å². The summed E-state index contributed by atoms with van der Waals surface area (Å²) in [4.78, 5) is 15.5. The van der Waals surface area contributed by atoms with Crippen LogP contribution in [0.1, 0.15) is 29.9 Å². The molecule has 2 rings (SSSR count). The summed E-state index contributed by atoms with van der Waals surface area (Å²) in [6.07, 6.45) is -4.63. The molecule has 0 radical (unpaired) electrons. The SMILES string of the molecule is CC(C)N(C)S(=O)(=O)c1ccc(Cl)c(C(=O)Nc2nc(C(F)(F)F)cs2)c1. The number of thiazole rings is 1. The van der Waals surface area contributed by atoms with Crippen molar-refractivity contribution in [1.29, 1.82) is 0 Å². The summed E-state index contributed by atoms with van der Waals surface area (Å²) < 4.78 is 64.0. The van der Waals surface area contributed by atoms with Gasteiger partial charge in [-0.05, 0) is 32.0 Å². The van der Waals surface area contributed by atoms with Gasteiger partial charge in [0.1, 0.15) is 0 Å². The van der Waals surface area contributed by atoms with E-state index < -0.39 is 27.8 Å². The molecule has 0 saturated heterocycles. The van der Waals surface area contributed by atoms with Crippen LogP contribution in [0, 0.1) is 0 Å². The van der Waals surface area contributed by atoms with Crippen molar-refractivity contribution in [1.82, 2.24) is 9.29 Å². The number of benzene rings is 1. The molecule has 0 unspecified atom stereocenters. The Hall–Kier alpha value is -1.69. The molecule has 0 atom stereocenters. The van der Waals surface area contributed by atoms with E-state index in [0.717, 1.165) is 15.8 Å². The number of sulfonamides is 1. The maximum atomic E-state index is 12.6. The van der Waals surface area contributed by atoms with Crippen molar-refractivity contribution in [3.8, 4) is 0 Å². The number of carbonyl (C=O) groups is 1. The Balaban J connectivity index is 2.33. The van der Waals surface area contributed by atoms with Gasteiger partial charge in [0.05, 0.1) is 15.5 Å². The van der Waals surface area contributed by atoms with Crippen LogP contribution in [-0.4, -0.2) is 36.7 Å². The summed E-state index contributed by atoms with van der Waals surface area (Å²) in [5.74, 6) is -0.868. The van der Waals surface area contributed by atoms with Crippen LogP contribution < -0.4 is 5.32 Å². The zero-order valence-electron chi connectivity index (χ0n) is 14.3. The first-order chi connectivity index (χ1) is 12.3. The van der Waals surface area contributed by atoms with Crippen LogP contribution in [-0.2, 0) is 16.2 Å². The molecular formula is C15H15ClF3N3O3S2. The molecule has 27 heavy (non-hydrogen) atoms. The second kappa shape index (κ2) is 7.74. The Morgan fingerprint density at radius 1 is 1.33 bits per heavy atom. The van der Waals surface area contributed by atoms with Gasteiger partial charge in [0.25, 0.3) is 5.91 Å². The number of hydrogen-bond acceptors (Lipinski definition) is 5. The molecule has 1 N–H and O–H groups in total. The van der Waals surface area contributed by atoms with E-state index in [1.165, 1.54) is 19.2 Å². The third-order valence-electron chi connectivity index (χ3n) is 3.60. The standard InChI is InChI=1S/C15H15ClF3N3O3S2/c1-8(2)22(3)27(24,25)9-4-5-11(16)10(6-9)13(23)21-14-20-12(7-26-14)15(17,18)19/h4-8H,1-3H3,(H,20,21,23). The summed E-state index contributed by atoms with van der Waals surface area (Å²) >= 11 is 6.55. The fraction of sp³-hybridized carbons (Fsp3) is 0.333. The van der Waals surface area contributed by atoms with Crippen LogP contribution in [0.2, 0.25) is 5.02 Å². The lowest BCUT2D eigenvalue weighted by atomic mass is 10.2. The first-order valence-electron chi connectivity index (χ1n) is 7.45. The van der Waals surface area contributed by atoms with Crippen molar-refractivity contribution in [3.63, 3.8) is 0 Å². The number of nitrogens with one attached hydrogen (secondary N) is 1. The number of amides is 1. The number of aromatic nitrogens is 1. The third-order valence-corrected chi connectivity index (χ3v) is 6.72. The van der Waals surface area contributed by atoms with Gasteiger partial charge in [0.2, 0.25) is 10.0 Å². The molecule has 0 aliphatic heterocycles. The number of nitrogens with zero attached hydrogens (tertiary/aromatic N) is 2. The van der Waals surface area contributed by atoms with Crippen molar-refractivity contribution >= 4 is 44.0 Å². The Morgan fingerprint density at radius 2 is 1.96 bits per heavy atom. The topological polar surface area (TPSA) is 79.4 Å². The zero-order chi connectivity index (χ0) is 20.6. The fourth-order valence-corrected chi connectivity index (χ4v) is 4.22. The van der Waals surface area contributed by atoms with Gasteiger partial charge in [0, 0.05) is 18.5 Å². The third kappa shape index (κ3) is 4.78. The quantitative estimate of drug-likeness (QED) is 0.757. The lowest BCUT2D eigenvalue weighted by Gasteiger charge is -2.21. The zero-order valence-corrected chi connectivity index (χ0v) is 16.7. The first-order valence-corrected chi connectivity index (χ1v) is 10.2. The highest BCUT2D eigenvalue weighted by Crippen LogP contribution is 2.32. The maximum absolute atomic E-state index is 12.6. The normalized spacial score (nSPS) is 12.6. The smallest absolute Gasteiger partial charge is 0.298 e. The maximum Gasteiger partial charge on any atom is 0.434 e. The Bertz CT molecular complexity index is 959. The van der Waals surface area contributed by atoms with Crippen molar-refractivity contribution in [2.24, 2.45) is 0 Å². The fourth-order valence-electron chi connectivity index (χ4n) is 1.91. The molecule has 2 aromatic rings.